The Kier molecular flexibility index (Phi) is 4.06. The summed E-state index contributed by atoms with van der Waals surface area (Å²) in [6, 6.07) is 7.67. The molecule has 2 atom stereocenters. The monoisotopic (exact) mass is 342 g/mol. The van der Waals surface area contributed by atoms with E-state index in [1.165, 1.54) is 30.5 Å². The van der Waals surface area contributed by atoms with E-state index in [1.807, 2.05) is 12.1 Å². The van der Waals surface area contributed by atoms with Gasteiger partial charge in [-0.05, 0) is 37.9 Å². The number of likely N-dealkylation sites (N-methyl/N-ethyl adjacent to an activating group) is 1. The molecule has 104 valence electrons. The lowest BCUT2D eigenvalue weighted by Gasteiger charge is -2.30. The van der Waals surface area contributed by atoms with Crippen molar-refractivity contribution in [2.75, 3.05) is 25.0 Å². The number of hydrogen-bond acceptors (Lipinski definition) is 2. The molecule has 19 heavy (non-hydrogen) atoms. The minimum absolute atomic E-state index is 0.687. The fourth-order valence-electron chi connectivity index (χ4n) is 3.53. The molecular weight excluding hydrogens is 324 g/mol. The van der Waals surface area contributed by atoms with Gasteiger partial charge in [0.15, 0.2) is 0 Å². The van der Waals surface area contributed by atoms with Crippen LogP contribution in [0, 0.1) is 0 Å². The van der Waals surface area contributed by atoms with Crippen molar-refractivity contribution in [3.05, 3.63) is 28.8 Å². The summed E-state index contributed by atoms with van der Waals surface area (Å²) in [7, 11) is 2.28. The first-order valence-electron chi connectivity index (χ1n) is 7.01. The van der Waals surface area contributed by atoms with Crippen LogP contribution in [-0.2, 0) is 5.33 Å². The van der Waals surface area contributed by atoms with E-state index < -0.39 is 0 Å². The van der Waals surface area contributed by atoms with Gasteiger partial charge >= 0.3 is 0 Å². The molecule has 2 aliphatic rings. The Hall–Kier alpha value is -0.250. The average Bonchev–Trinajstić information content (AvgIpc) is 2.64. The Labute approximate surface area is 128 Å². The van der Waals surface area contributed by atoms with Crippen molar-refractivity contribution in [2.45, 2.75) is 36.7 Å². The zero-order chi connectivity index (χ0) is 13.4. The lowest BCUT2D eigenvalue weighted by atomic mass is 10.1. The van der Waals surface area contributed by atoms with Crippen LogP contribution < -0.4 is 4.90 Å². The van der Waals surface area contributed by atoms with Crippen molar-refractivity contribution < 1.29 is 0 Å². The lowest BCUT2D eigenvalue weighted by molar-refractivity contribution is 0.254. The number of anilines is 1. The van der Waals surface area contributed by atoms with E-state index in [4.69, 9.17) is 11.6 Å². The van der Waals surface area contributed by atoms with Gasteiger partial charge in [0.05, 0.1) is 10.7 Å². The van der Waals surface area contributed by atoms with E-state index in [-0.39, 0.29) is 0 Å². The maximum atomic E-state index is 6.46. The Bertz CT molecular complexity index is 465. The summed E-state index contributed by atoms with van der Waals surface area (Å²) in [6.45, 7) is 2.23. The Morgan fingerprint density at radius 1 is 1.26 bits per heavy atom. The zero-order valence-electron chi connectivity index (χ0n) is 11.3. The summed E-state index contributed by atoms with van der Waals surface area (Å²) in [5.41, 5.74) is 2.54. The summed E-state index contributed by atoms with van der Waals surface area (Å²) in [6.07, 6.45) is 3.94. The largest absolute Gasteiger partial charge is 0.368 e. The standard InChI is InChI=1S/C15H20BrClN2/c1-18-12-5-6-13(18)10-19(8-7-12)15-11(9-16)3-2-4-14(15)17/h2-4,12-13H,5-10H2,1H3. The summed E-state index contributed by atoms with van der Waals surface area (Å²) >= 11 is 10.0. The maximum absolute atomic E-state index is 6.46. The molecular formula is C15H20BrClN2. The molecule has 0 aromatic heterocycles. The van der Waals surface area contributed by atoms with Gasteiger partial charge in [-0.15, -0.1) is 0 Å². The van der Waals surface area contributed by atoms with E-state index in [0.29, 0.717) is 6.04 Å². The second kappa shape index (κ2) is 5.63. The molecule has 4 heteroatoms. The van der Waals surface area contributed by atoms with Gasteiger partial charge in [0.1, 0.15) is 0 Å². The second-order valence-corrected chi connectivity index (χ2v) is 6.63. The number of nitrogens with zero attached hydrogens (tertiary/aromatic N) is 2. The minimum atomic E-state index is 0.687. The molecule has 0 radical (unpaired) electrons. The van der Waals surface area contributed by atoms with Crippen LogP contribution in [0.1, 0.15) is 24.8 Å². The van der Waals surface area contributed by atoms with Gasteiger partial charge in [-0.1, -0.05) is 39.7 Å². The Morgan fingerprint density at radius 3 is 2.84 bits per heavy atom. The smallest absolute Gasteiger partial charge is 0.0642 e. The van der Waals surface area contributed by atoms with Crippen LogP contribution >= 0.6 is 27.5 Å². The molecule has 2 saturated heterocycles. The van der Waals surface area contributed by atoms with Crippen LogP contribution in [0.2, 0.25) is 5.02 Å². The maximum Gasteiger partial charge on any atom is 0.0642 e. The summed E-state index contributed by atoms with van der Waals surface area (Å²) < 4.78 is 0. The molecule has 0 spiro atoms. The molecule has 3 rings (SSSR count). The number of rotatable bonds is 2. The van der Waals surface area contributed by atoms with Gasteiger partial charge in [-0.2, -0.15) is 0 Å². The highest BCUT2D eigenvalue weighted by Gasteiger charge is 2.35. The molecule has 0 N–H and O–H groups in total. The van der Waals surface area contributed by atoms with Gasteiger partial charge in [-0.3, -0.25) is 4.90 Å². The molecule has 1 aromatic carbocycles. The van der Waals surface area contributed by atoms with Crippen LogP contribution in [0.15, 0.2) is 18.2 Å². The van der Waals surface area contributed by atoms with Crippen LogP contribution in [0.25, 0.3) is 0 Å². The highest BCUT2D eigenvalue weighted by Crippen LogP contribution is 2.36. The van der Waals surface area contributed by atoms with Crippen molar-refractivity contribution in [2.24, 2.45) is 0 Å². The topological polar surface area (TPSA) is 6.48 Å². The third-order valence-electron chi connectivity index (χ3n) is 4.68. The van der Waals surface area contributed by atoms with E-state index in [0.717, 1.165) is 29.5 Å². The first-order chi connectivity index (χ1) is 9.20. The quantitative estimate of drug-likeness (QED) is 0.751. The fraction of sp³-hybridized carbons (Fsp3) is 0.600. The van der Waals surface area contributed by atoms with Gasteiger partial charge < -0.3 is 4.90 Å². The van der Waals surface area contributed by atoms with E-state index >= 15 is 0 Å². The summed E-state index contributed by atoms with van der Waals surface area (Å²) in [4.78, 5) is 5.07. The predicted molar refractivity (Wildman–Crippen MR) is 85.5 cm³/mol. The normalized spacial score (nSPS) is 27.6. The van der Waals surface area contributed by atoms with Gasteiger partial charge in [0.25, 0.3) is 0 Å². The zero-order valence-corrected chi connectivity index (χ0v) is 13.6. The lowest BCUT2D eigenvalue weighted by Crippen LogP contribution is -2.37. The van der Waals surface area contributed by atoms with Crippen molar-refractivity contribution in [1.29, 1.82) is 0 Å². The highest BCUT2D eigenvalue weighted by atomic mass is 79.9. The van der Waals surface area contributed by atoms with Crippen LogP contribution in [0.5, 0.6) is 0 Å². The Morgan fingerprint density at radius 2 is 2.05 bits per heavy atom. The van der Waals surface area contributed by atoms with Gasteiger partial charge in [0, 0.05) is 30.5 Å². The third-order valence-corrected chi connectivity index (χ3v) is 5.59. The van der Waals surface area contributed by atoms with Crippen LogP contribution in [0.3, 0.4) is 0 Å². The molecule has 2 bridgehead atoms. The van der Waals surface area contributed by atoms with Crippen molar-refractivity contribution in [1.82, 2.24) is 4.90 Å². The average molecular weight is 344 g/mol. The van der Waals surface area contributed by atoms with Crippen molar-refractivity contribution >= 4 is 33.2 Å². The highest BCUT2D eigenvalue weighted by molar-refractivity contribution is 9.08. The Balaban J connectivity index is 1.91. The molecule has 0 aliphatic carbocycles. The SMILES string of the molecule is CN1C2CCC1CN(c1c(Cl)cccc1CBr)CC2. The molecule has 0 amide bonds. The number of para-hydroxylation sites is 1. The number of benzene rings is 1. The van der Waals surface area contributed by atoms with E-state index in [9.17, 15) is 0 Å². The molecule has 2 unspecified atom stereocenters. The first kappa shape index (κ1) is 13.7. The van der Waals surface area contributed by atoms with Crippen molar-refractivity contribution in [3.63, 3.8) is 0 Å². The molecule has 2 fully saturated rings. The molecule has 1 aromatic rings. The number of alkyl halides is 1. The molecule has 2 nitrogen and oxygen atoms in total. The summed E-state index contributed by atoms with van der Waals surface area (Å²) in [5.74, 6) is 0. The predicted octanol–water partition coefficient (Wildman–Crippen LogP) is 3.91. The van der Waals surface area contributed by atoms with E-state index in [2.05, 4.69) is 38.8 Å². The van der Waals surface area contributed by atoms with E-state index in [1.54, 1.807) is 0 Å². The number of fused-ring (bicyclic) bond motifs is 2. The summed E-state index contributed by atoms with van der Waals surface area (Å²) in [5, 5.41) is 1.75. The number of hydrogen-bond donors (Lipinski definition) is 0. The molecule has 2 aliphatic heterocycles. The molecule has 2 heterocycles. The molecule has 0 saturated carbocycles. The van der Waals surface area contributed by atoms with Crippen molar-refractivity contribution in [3.8, 4) is 0 Å². The van der Waals surface area contributed by atoms with Gasteiger partial charge in [0.2, 0.25) is 0 Å². The minimum Gasteiger partial charge on any atom is -0.368 e. The van der Waals surface area contributed by atoms with Crippen LogP contribution in [-0.4, -0.2) is 37.1 Å². The number of halogens is 2. The second-order valence-electron chi connectivity index (χ2n) is 5.67. The first-order valence-corrected chi connectivity index (χ1v) is 8.51. The van der Waals surface area contributed by atoms with Gasteiger partial charge in [-0.25, -0.2) is 0 Å². The fourth-order valence-corrected chi connectivity index (χ4v) is 4.30. The third kappa shape index (κ3) is 2.53. The van der Waals surface area contributed by atoms with Crippen LogP contribution in [0.4, 0.5) is 5.69 Å².